The van der Waals surface area contributed by atoms with Crippen LogP contribution in [-0.4, -0.2) is 47.3 Å². The van der Waals surface area contributed by atoms with Crippen LogP contribution in [0, 0.1) is 0 Å². The van der Waals surface area contributed by atoms with Crippen molar-refractivity contribution in [2.45, 2.75) is 26.4 Å². The predicted octanol–water partition coefficient (Wildman–Crippen LogP) is 5.39. The minimum atomic E-state index is -0.357. The summed E-state index contributed by atoms with van der Waals surface area (Å²) in [5.74, 6) is 2.19. The lowest BCUT2D eigenvalue weighted by atomic mass is 10.0. The standard InChI is InChI=1S/C29H29N3O4/c1-4-21-17-24(36-19-25(34-3)18-35-20(2)33)15-16-26(21)29-31-27(22-11-7-5-8-12-22)30-28(32-29)23-13-9-6-10-14-23/h5-17,25H,4,18-19H2,1-3H3. The number of rotatable bonds is 10. The number of benzene rings is 3. The van der Waals surface area contributed by atoms with Crippen LogP contribution in [0.4, 0.5) is 0 Å². The highest BCUT2D eigenvalue weighted by molar-refractivity contribution is 5.68. The fourth-order valence-corrected chi connectivity index (χ4v) is 3.68. The highest BCUT2D eigenvalue weighted by atomic mass is 16.6. The molecule has 0 saturated carbocycles. The van der Waals surface area contributed by atoms with E-state index in [1.807, 2.05) is 78.9 Å². The number of carbonyl (C=O) groups excluding carboxylic acids is 1. The molecular formula is C29H29N3O4. The smallest absolute Gasteiger partial charge is 0.302 e. The summed E-state index contributed by atoms with van der Waals surface area (Å²) in [6, 6.07) is 25.7. The van der Waals surface area contributed by atoms with Crippen LogP contribution in [0.2, 0.25) is 0 Å². The minimum absolute atomic E-state index is 0.139. The maximum Gasteiger partial charge on any atom is 0.302 e. The Bertz CT molecular complexity index is 1240. The van der Waals surface area contributed by atoms with Gasteiger partial charge in [-0.1, -0.05) is 67.6 Å². The van der Waals surface area contributed by atoms with Crippen LogP contribution in [0.15, 0.2) is 78.9 Å². The lowest BCUT2D eigenvalue weighted by Crippen LogP contribution is -2.26. The van der Waals surface area contributed by atoms with Gasteiger partial charge in [-0.05, 0) is 30.2 Å². The molecule has 0 amide bonds. The third-order valence-electron chi connectivity index (χ3n) is 5.64. The van der Waals surface area contributed by atoms with Gasteiger partial charge in [-0.3, -0.25) is 4.79 Å². The number of nitrogens with zero attached hydrogens (tertiary/aromatic N) is 3. The van der Waals surface area contributed by atoms with Gasteiger partial charge in [0.25, 0.3) is 0 Å². The lowest BCUT2D eigenvalue weighted by molar-refractivity contribution is -0.145. The summed E-state index contributed by atoms with van der Waals surface area (Å²) in [6.45, 7) is 3.85. The molecular weight excluding hydrogens is 454 g/mol. The number of aromatic nitrogens is 3. The normalized spacial score (nSPS) is 11.6. The summed E-state index contributed by atoms with van der Waals surface area (Å²) >= 11 is 0. The van der Waals surface area contributed by atoms with Crippen molar-refractivity contribution in [2.75, 3.05) is 20.3 Å². The molecule has 7 nitrogen and oxygen atoms in total. The Balaban J connectivity index is 1.67. The van der Waals surface area contributed by atoms with Crippen molar-refractivity contribution in [3.05, 3.63) is 84.4 Å². The molecule has 0 radical (unpaired) electrons. The van der Waals surface area contributed by atoms with Gasteiger partial charge in [-0.2, -0.15) is 0 Å². The van der Waals surface area contributed by atoms with E-state index in [4.69, 9.17) is 29.2 Å². The summed E-state index contributed by atoms with van der Waals surface area (Å²) in [4.78, 5) is 25.5. The van der Waals surface area contributed by atoms with Crippen LogP contribution in [-0.2, 0) is 20.7 Å². The fourth-order valence-electron chi connectivity index (χ4n) is 3.68. The molecule has 7 heteroatoms. The molecule has 0 aliphatic rings. The number of methoxy groups -OCH3 is 1. The summed E-state index contributed by atoms with van der Waals surface area (Å²) in [5.41, 5.74) is 3.82. The maximum atomic E-state index is 11.1. The molecule has 4 aromatic rings. The van der Waals surface area contributed by atoms with E-state index in [0.717, 1.165) is 28.7 Å². The van der Waals surface area contributed by atoms with Gasteiger partial charge in [-0.15, -0.1) is 0 Å². The Morgan fingerprint density at radius 1 is 0.806 bits per heavy atom. The third kappa shape index (κ3) is 6.31. The Morgan fingerprint density at radius 2 is 1.39 bits per heavy atom. The van der Waals surface area contributed by atoms with Crippen molar-refractivity contribution < 1.29 is 19.0 Å². The minimum Gasteiger partial charge on any atom is -0.491 e. The van der Waals surface area contributed by atoms with E-state index >= 15 is 0 Å². The highest BCUT2D eigenvalue weighted by Gasteiger charge is 2.16. The van der Waals surface area contributed by atoms with Gasteiger partial charge >= 0.3 is 5.97 Å². The fraction of sp³-hybridized carbons (Fsp3) is 0.241. The topological polar surface area (TPSA) is 83.4 Å². The van der Waals surface area contributed by atoms with E-state index in [9.17, 15) is 4.79 Å². The van der Waals surface area contributed by atoms with Gasteiger partial charge in [0.2, 0.25) is 0 Å². The second-order valence-corrected chi connectivity index (χ2v) is 8.18. The number of hydrogen-bond acceptors (Lipinski definition) is 7. The van der Waals surface area contributed by atoms with E-state index in [-0.39, 0.29) is 25.3 Å². The summed E-state index contributed by atoms with van der Waals surface area (Å²) < 4.78 is 16.3. The van der Waals surface area contributed by atoms with Crippen LogP contribution >= 0.6 is 0 Å². The van der Waals surface area contributed by atoms with Crippen LogP contribution in [0.5, 0.6) is 5.75 Å². The first-order valence-corrected chi connectivity index (χ1v) is 11.9. The van der Waals surface area contributed by atoms with E-state index in [0.29, 0.717) is 23.2 Å². The SMILES string of the molecule is CCc1cc(OCC(COC(C)=O)OC)ccc1-c1nc(-c2ccccc2)nc(-c2ccccc2)n1. The average molecular weight is 484 g/mol. The Hall–Kier alpha value is -4.10. The molecule has 0 fully saturated rings. The summed E-state index contributed by atoms with van der Waals surface area (Å²) in [7, 11) is 1.56. The van der Waals surface area contributed by atoms with E-state index in [1.54, 1.807) is 7.11 Å². The number of esters is 1. The van der Waals surface area contributed by atoms with Crippen molar-refractivity contribution in [2.24, 2.45) is 0 Å². The average Bonchev–Trinajstić information content (AvgIpc) is 2.93. The molecule has 1 aromatic heterocycles. The molecule has 3 aromatic carbocycles. The van der Waals surface area contributed by atoms with E-state index in [2.05, 4.69) is 6.92 Å². The Labute approximate surface area is 211 Å². The Morgan fingerprint density at radius 3 is 1.92 bits per heavy atom. The van der Waals surface area contributed by atoms with Crippen molar-refractivity contribution in [3.63, 3.8) is 0 Å². The third-order valence-corrected chi connectivity index (χ3v) is 5.64. The maximum absolute atomic E-state index is 11.1. The first kappa shape index (κ1) is 25.0. The molecule has 184 valence electrons. The van der Waals surface area contributed by atoms with Crippen molar-refractivity contribution in [3.8, 4) is 39.9 Å². The molecule has 1 atom stereocenters. The first-order chi connectivity index (χ1) is 17.6. The van der Waals surface area contributed by atoms with Crippen LogP contribution in [0.25, 0.3) is 34.2 Å². The van der Waals surface area contributed by atoms with Crippen LogP contribution < -0.4 is 4.74 Å². The predicted molar refractivity (Wildman–Crippen MR) is 138 cm³/mol. The zero-order valence-corrected chi connectivity index (χ0v) is 20.7. The molecule has 4 rings (SSSR count). The number of aryl methyl sites for hydroxylation is 1. The van der Waals surface area contributed by atoms with E-state index < -0.39 is 0 Å². The number of carbonyl (C=O) groups is 1. The second kappa shape index (κ2) is 12.0. The summed E-state index contributed by atoms with van der Waals surface area (Å²) in [6.07, 6.45) is 0.407. The zero-order valence-electron chi connectivity index (χ0n) is 20.7. The van der Waals surface area contributed by atoms with Crippen LogP contribution in [0.1, 0.15) is 19.4 Å². The van der Waals surface area contributed by atoms with Gasteiger partial charge < -0.3 is 14.2 Å². The van der Waals surface area contributed by atoms with Gasteiger partial charge in [0.15, 0.2) is 17.5 Å². The molecule has 0 spiro atoms. The summed E-state index contributed by atoms with van der Waals surface area (Å²) in [5, 5.41) is 0. The monoisotopic (exact) mass is 483 g/mol. The molecule has 1 unspecified atom stereocenters. The largest absolute Gasteiger partial charge is 0.491 e. The molecule has 0 aliphatic carbocycles. The quantitative estimate of drug-likeness (QED) is 0.280. The van der Waals surface area contributed by atoms with Crippen molar-refractivity contribution >= 4 is 5.97 Å². The lowest BCUT2D eigenvalue weighted by Gasteiger charge is -2.17. The zero-order chi connectivity index (χ0) is 25.3. The first-order valence-electron chi connectivity index (χ1n) is 11.9. The van der Waals surface area contributed by atoms with Gasteiger partial charge in [0.05, 0.1) is 0 Å². The van der Waals surface area contributed by atoms with Gasteiger partial charge in [0.1, 0.15) is 25.1 Å². The van der Waals surface area contributed by atoms with Crippen molar-refractivity contribution in [1.29, 1.82) is 0 Å². The number of ether oxygens (including phenoxy) is 3. The van der Waals surface area contributed by atoms with E-state index in [1.165, 1.54) is 6.92 Å². The van der Waals surface area contributed by atoms with Gasteiger partial charge in [-0.25, -0.2) is 15.0 Å². The van der Waals surface area contributed by atoms with Gasteiger partial charge in [0, 0.05) is 30.7 Å². The molecule has 0 saturated heterocycles. The number of hydrogen-bond donors (Lipinski definition) is 0. The van der Waals surface area contributed by atoms with Crippen molar-refractivity contribution in [1.82, 2.24) is 15.0 Å². The molecule has 1 heterocycles. The van der Waals surface area contributed by atoms with Crippen LogP contribution in [0.3, 0.4) is 0 Å². The molecule has 0 N–H and O–H groups in total. The molecule has 0 aliphatic heterocycles. The molecule has 0 bridgehead atoms. The molecule has 36 heavy (non-hydrogen) atoms. The second-order valence-electron chi connectivity index (χ2n) is 8.18. The Kier molecular flexibility index (Phi) is 8.36. The highest BCUT2D eigenvalue weighted by Crippen LogP contribution is 2.29.